The maximum Gasteiger partial charge on any atom is 0.191 e. The van der Waals surface area contributed by atoms with Crippen molar-refractivity contribution >= 4 is 22.7 Å². The number of rotatable bonds is 4. The maximum atomic E-state index is 14.3. The average molecular weight is 345 g/mol. The van der Waals surface area contributed by atoms with Crippen LogP contribution in [0.2, 0.25) is 0 Å². The van der Waals surface area contributed by atoms with Crippen LogP contribution in [0.4, 0.5) is 4.39 Å². The number of Topliss-reactive ketones (excluding diaryl/α,β-unsaturated/α-hetero) is 1. The summed E-state index contributed by atoms with van der Waals surface area (Å²) < 4.78 is 19.4. The van der Waals surface area contributed by atoms with Crippen LogP contribution in [-0.4, -0.2) is 15.9 Å². The monoisotopic (exact) mass is 345 g/mol. The van der Waals surface area contributed by atoms with Crippen LogP contribution in [0.1, 0.15) is 34.4 Å². The van der Waals surface area contributed by atoms with Crippen LogP contribution < -0.4 is 5.73 Å². The predicted molar refractivity (Wildman–Crippen MR) is 91.4 cm³/mol. The first kappa shape index (κ1) is 16.4. The molecular weight excluding hydrogens is 329 g/mol. The number of oxazole rings is 1. The Kier molecular flexibility index (Phi) is 4.28. The van der Waals surface area contributed by atoms with Gasteiger partial charge in [0.2, 0.25) is 0 Å². The lowest BCUT2D eigenvalue weighted by atomic mass is 9.90. The fraction of sp³-hybridized carbons (Fsp3) is 0.235. The third-order valence-electron chi connectivity index (χ3n) is 3.77. The Labute approximate surface area is 142 Å². The average Bonchev–Trinajstić information content (AvgIpc) is 2.95. The summed E-state index contributed by atoms with van der Waals surface area (Å²) in [6, 6.07) is 4.58. The van der Waals surface area contributed by atoms with E-state index in [1.54, 1.807) is 37.5 Å². The van der Waals surface area contributed by atoms with Crippen molar-refractivity contribution in [1.29, 1.82) is 0 Å². The van der Waals surface area contributed by atoms with Crippen molar-refractivity contribution in [2.75, 3.05) is 0 Å². The van der Waals surface area contributed by atoms with E-state index in [-0.39, 0.29) is 23.7 Å². The van der Waals surface area contributed by atoms with E-state index in [0.717, 1.165) is 0 Å². The molecule has 0 aliphatic carbocycles. The van der Waals surface area contributed by atoms with Gasteiger partial charge in [-0.15, -0.1) is 0 Å². The fourth-order valence-corrected chi connectivity index (χ4v) is 3.23. The van der Waals surface area contributed by atoms with Gasteiger partial charge in [0, 0.05) is 18.9 Å². The molecule has 124 valence electrons. The Morgan fingerprint density at radius 2 is 2.25 bits per heavy atom. The zero-order chi connectivity index (χ0) is 17.3. The molecule has 0 fully saturated rings. The quantitative estimate of drug-likeness (QED) is 0.860. The highest BCUT2D eigenvalue weighted by atomic mass is 32.2. The summed E-state index contributed by atoms with van der Waals surface area (Å²) in [5.74, 6) is -0.147. The van der Waals surface area contributed by atoms with Crippen LogP contribution in [0.25, 0.3) is 0 Å². The molecule has 0 radical (unpaired) electrons. The van der Waals surface area contributed by atoms with Crippen LogP contribution in [0.5, 0.6) is 0 Å². The normalized spacial score (nSPS) is 20.0. The maximum absolute atomic E-state index is 14.3. The van der Waals surface area contributed by atoms with Gasteiger partial charge in [0.05, 0.1) is 0 Å². The van der Waals surface area contributed by atoms with E-state index in [1.807, 2.05) is 0 Å². The van der Waals surface area contributed by atoms with Crippen molar-refractivity contribution in [3.63, 3.8) is 0 Å². The van der Waals surface area contributed by atoms with Crippen molar-refractivity contribution in [2.45, 2.75) is 25.8 Å². The van der Waals surface area contributed by atoms with Gasteiger partial charge < -0.3 is 10.2 Å². The van der Waals surface area contributed by atoms with E-state index in [9.17, 15) is 9.18 Å². The number of amidine groups is 1. The fourth-order valence-electron chi connectivity index (χ4n) is 2.52. The minimum Gasteiger partial charge on any atom is -0.449 e. The lowest BCUT2D eigenvalue weighted by Crippen LogP contribution is -2.25. The molecule has 2 N–H and O–H groups in total. The first-order valence-electron chi connectivity index (χ1n) is 7.31. The van der Waals surface area contributed by atoms with Crippen LogP contribution in [0.3, 0.4) is 0 Å². The number of carbonyl (C=O) groups excluding carboxylic acids is 1. The molecule has 0 saturated carbocycles. The molecule has 0 saturated heterocycles. The van der Waals surface area contributed by atoms with Crippen molar-refractivity contribution in [3.8, 4) is 0 Å². The highest BCUT2D eigenvalue weighted by Crippen LogP contribution is 2.34. The summed E-state index contributed by atoms with van der Waals surface area (Å²) in [6.07, 6.45) is 3.22. The molecule has 1 atom stereocenters. The number of aromatic nitrogens is 1. The largest absolute Gasteiger partial charge is 0.449 e. The number of thioether (sulfide) groups is 1. The van der Waals surface area contributed by atoms with Gasteiger partial charge in [0.15, 0.2) is 16.8 Å². The summed E-state index contributed by atoms with van der Waals surface area (Å²) in [5.41, 5.74) is 6.20. The number of hydrogen-bond acceptors (Lipinski definition) is 6. The summed E-state index contributed by atoms with van der Waals surface area (Å²) in [6.45, 7) is 3.45. The number of carbonyl (C=O) groups is 1. The summed E-state index contributed by atoms with van der Waals surface area (Å²) in [5, 5.41) is 2.16. The van der Waals surface area contributed by atoms with Gasteiger partial charge in [-0.25, -0.2) is 14.4 Å². The molecular formula is C17H16FN3O2S. The van der Waals surface area contributed by atoms with Crippen molar-refractivity contribution in [3.05, 3.63) is 64.5 Å². The van der Waals surface area contributed by atoms with Crippen molar-refractivity contribution < 1.29 is 13.6 Å². The van der Waals surface area contributed by atoms with Crippen LogP contribution in [0.15, 0.2) is 45.4 Å². The molecule has 2 heterocycles. The molecule has 1 aromatic heterocycles. The molecule has 0 amide bonds. The summed E-state index contributed by atoms with van der Waals surface area (Å²) >= 11 is 1.29. The molecule has 1 aliphatic heterocycles. The van der Waals surface area contributed by atoms with Crippen LogP contribution >= 0.6 is 11.8 Å². The second kappa shape index (κ2) is 6.24. The number of aryl methyl sites for hydroxylation is 1. The summed E-state index contributed by atoms with van der Waals surface area (Å²) in [4.78, 5) is 20.6. The highest BCUT2D eigenvalue weighted by Gasteiger charge is 2.29. The SMILES string of the molecule is Cc1nc(C(=O)Cc2ccc(F)c([C@]3(C)C=CSC(N)=N3)c2)co1. The molecule has 5 nitrogen and oxygen atoms in total. The van der Waals surface area contributed by atoms with E-state index in [2.05, 4.69) is 9.98 Å². The smallest absolute Gasteiger partial charge is 0.191 e. The van der Waals surface area contributed by atoms with Crippen molar-refractivity contribution in [1.82, 2.24) is 4.98 Å². The number of hydrogen-bond donors (Lipinski definition) is 1. The molecule has 0 spiro atoms. The molecule has 3 rings (SSSR count). The standard InChI is InChI=1S/C17H16FN3O2S/c1-10-20-14(9-23-10)15(22)8-11-3-4-13(18)12(7-11)17(2)5-6-24-16(19)21-17/h3-7,9H,8H2,1-2H3,(H2,19,21)/t17-/m0/s1. The van der Waals surface area contributed by atoms with Gasteiger partial charge >= 0.3 is 0 Å². The van der Waals surface area contributed by atoms with Gasteiger partial charge in [0.1, 0.15) is 23.3 Å². The zero-order valence-electron chi connectivity index (χ0n) is 13.2. The Hall–Kier alpha value is -2.41. The van der Waals surface area contributed by atoms with E-state index in [4.69, 9.17) is 10.2 Å². The highest BCUT2D eigenvalue weighted by molar-refractivity contribution is 8.16. The molecule has 1 aliphatic rings. The van der Waals surface area contributed by atoms with Gasteiger partial charge in [0.25, 0.3) is 0 Å². The second-order valence-corrected chi connectivity index (χ2v) is 6.61. The van der Waals surface area contributed by atoms with E-state index >= 15 is 0 Å². The lowest BCUT2D eigenvalue weighted by Gasteiger charge is -2.26. The third-order valence-corrected chi connectivity index (χ3v) is 4.37. The molecule has 24 heavy (non-hydrogen) atoms. The van der Waals surface area contributed by atoms with Gasteiger partial charge in [-0.3, -0.25) is 4.79 Å². The topological polar surface area (TPSA) is 81.5 Å². The lowest BCUT2D eigenvalue weighted by molar-refractivity contribution is 0.0988. The first-order chi connectivity index (χ1) is 11.4. The molecule has 0 bridgehead atoms. The Morgan fingerprint density at radius 1 is 1.46 bits per heavy atom. The Bertz CT molecular complexity index is 859. The van der Waals surface area contributed by atoms with E-state index in [0.29, 0.717) is 22.2 Å². The Balaban J connectivity index is 1.91. The number of benzene rings is 1. The number of ketones is 1. The van der Waals surface area contributed by atoms with E-state index < -0.39 is 5.54 Å². The van der Waals surface area contributed by atoms with Gasteiger partial charge in [-0.2, -0.15) is 0 Å². The minimum absolute atomic E-state index is 0.104. The number of nitrogens with two attached hydrogens (primary N) is 1. The first-order valence-corrected chi connectivity index (χ1v) is 8.19. The molecule has 7 heteroatoms. The second-order valence-electron chi connectivity index (χ2n) is 5.68. The molecule has 1 aromatic carbocycles. The van der Waals surface area contributed by atoms with Crippen LogP contribution in [-0.2, 0) is 12.0 Å². The van der Waals surface area contributed by atoms with Crippen LogP contribution in [0, 0.1) is 12.7 Å². The Morgan fingerprint density at radius 3 is 2.92 bits per heavy atom. The third kappa shape index (κ3) is 3.26. The van der Waals surface area contributed by atoms with Gasteiger partial charge in [-0.05, 0) is 36.1 Å². The zero-order valence-corrected chi connectivity index (χ0v) is 14.1. The van der Waals surface area contributed by atoms with Crippen molar-refractivity contribution in [2.24, 2.45) is 10.7 Å². The minimum atomic E-state index is -0.886. The number of halogens is 1. The summed E-state index contributed by atoms with van der Waals surface area (Å²) in [7, 11) is 0. The van der Waals surface area contributed by atoms with Gasteiger partial charge in [-0.1, -0.05) is 17.8 Å². The van der Waals surface area contributed by atoms with E-state index in [1.165, 1.54) is 24.1 Å². The number of nitrogens with zero attached hydrogens (tertiary/aromatic N) is 2. The number of aliphatic imine (C=N–C) groups is 1. The molecule has 2 aromatic rings. The molecule has 0 unspecified atom stereocenters. The predicted octanol–water partition coefficient (Wildman–Crippen LogP) is 3.34.